The van der Waals surface area contributed by atoms with Crippen molar-refractivity contribution < 1.29 is 18.8 Å². The smallest absolute Gasteiger partial charge is 0.275 e. The number of hydrogen-bond acceptors (Lipinski definition) is 8. The van der Waals surface area contributed by atoms with Crippen LogP contribution in [0.4, 0.5) is 17.3 Å². The summed E-state index contributed by atoms with van der Waals surface area (Å²) in [7, 11) is 3.13. The lowest BCUT2D eigenvalue weighted by Crippen LogP contribution is -2.14. The van der Waals surface area contributed by atoms with Gasteiger partial charge in [0.2, 0.25) is 0 Å². The molecule has 3 rings (SSSR count). The van der Waals surface area contributed by atoms with Gasteiger partial charge in [0.05, 0.1) is 19.9 Å². The number of aromatic nitrogens is 3. The zero-order chi connectivity index (χ0) is 18.5. The van der Waals surface area contributed by atoms with Gasteiger partial charge in [-0.15, -0.1) is 0 Å². The fourth-order valence-corrected chi connectivity index (χ4v) is 2.21. The minimum absolute atomic E-state index is 0.171. The lowest BCUT2D eigenvalue weighted by molar-refractivity contribution is 0.102. The first-order chi connectivity index (χ1) is 12.6. The van der Waals surface area contributed by atoms with Crippen molar-refractivity contribution in [3.05, 3.63) is 48.1 Å². The highest BCUT2D eigenvalue weighted by atomic mass is 16.5. The molecule has 0 unspecified atom stereocenters. The Kier molecular flexibility index (Phi) is 4.97. The van der Waals surface area contributed by atoms with E-state index in [0.717, 1.165) is 0 Å². The first kappa shape index (κ1) is 17.2. The first-order valence-electron chi connectivity index (χ1n) is 7.65. The molecule has 2 aromatic heterocycles. The van der Waals surface area contributed by atoms with E-state index in [1.807, 2.05) is 0 Å². The summed E-state index contributed by atoms with van der Waals surface area (Å²) >= 11 is 0. The van der Waals surface area contributed by atoms with Gasteiger partial charge in [-0.1, -0.05) is 5.16 Å². The van der Waals surface area contributed by atoms with Crippen molar-refractivity contribution >= 4 is 23.2 Å². The number of carbonyl (C=O) groups is 1. The molecule has 26 heavy (non-hydrogen) atoms. The van der Waals surface area contributed by atoms with Crippen LogP contribution in [0.1, 0.15) is 16.2 Å². The van der Waals surface area contributed by atoms with Crippen molar-refractivity contribution in [3.8, 4) is 11.5 Å². The van der Waals surface area contributed by atoms with E-state index < -0.39 is 5.91 Å². The number of carbonyl (C=O) groups excluding carboxylic acids is 1. The third kappa shape index (κ3) is 3.89. The zero-order valence-electron chi connectivity index (χ0n) is 14.4. The number of ether oxygens (including phenoxy) is 2. The Bertz CT molecular complexity index is 925. The average Bonchev–Trinajstić information content (AvgIpc) is 3.06. The van der Waals surface area contributed by atoms with Gasteiger partial charge in [0.1, 0.15) is 35.1 Å². The van der Waals surface area contributed by atoms with E-state index in [1.165, 1.54) is 12.4 Å². The van der Waals surface area contributed by atoms with Crippen LogP contribution >= 0.6 is 0 Å². The number of benzene rings is 1. The van der Waals surface area contributed by atoms with E-state index in [9.17, 15) is 4.79 Å². The molecule has 0 aliphatic rings. The van der Waals surface area contributed by atoms with Crippen molar-refractivity contribution in [3.63, 3.8) is 0 Å². The van der Waals surface area contributed by atoms with Gasteiger partial charge in [0, 0.05) is 18.2 Å². The summed E-state index contributed by atoms with van der Waals surface area (Å²) in [4.78, 5) is 20.4. The second kappa shape index (κ2) is 7.51. The number of anilines is 3. The molecular weight excluding hydrogens is 338 g/mol. The minimum atomic E-state index is -0.429. The topological polar surface area (TPSA) is 111 Å². The third-order valence-electron chi connectivity index (χ3n) is 3.44. The van der Waals surface area contributed by atoms with Crippen LogP contribution in [-0.2, 0) is 0 Å². The van der Waals surface area contributed by atoms with Gasteiger partial charge in [-0.3, -0.25) is 4.79 Å². The highest BCUT2D eigenvalue weighted by Gasteiger charge is 2.13. The standard InChI is InChI=1S/C17H17N5O4/c1-10-6-16(22-26-10)21-17(23)13-8-15(19-9-18-13)20-12-7-11(24-2)4-5-14(12)25-3/h4-9H,1-3H3,(H,18,19,20)(H,21,22,23). The lowest BCUT2D eigenvalue weighted by Gasteiger charge is -2.12. The van der Waals surface area contributed by atoms with Crippen LogP contribution in [0.15, 0.2) is 41.2 Å². The molecule has 0 saturated carbocycles. The Balaban J connectivity index is 1.80. The van der Waals surface area contributed by atoms with Crippen LogP contribution in [0.2, 0.25) is 0 Å². The van der Waals surface area contributed by atoms with E-state index in [2.05, 4.69) is 25.8 Å². The van der Waals surface area contributed by atoms with Crippen molar-refractivity contribution in [2.24, 2.45) is 0 Å². The van der Waals surface area contributed by atoms with Crippen molar-refractivity contribution in [1.29, 1.82) is 0 Å². The summed E-state index contributed by atoms with van der Waals surface area (Å²) in [6.45, 7) is 1.73. The number of methoxy groups -OCH3 is 2. The van der Waals surface area contributed by atoms with E-state index in [4.69, 9.17) is 14.0 Å². The number of aryl methyl sites for hydroxylation is 1. The van der Waals surface area contributed by atoms with Crippen molar-refractivity contribution in [2.75, 3.05) is 24.9 Å². The first-order valence-corrected chi connectivity index (χ1v) is 7.65. The quantitative estimate of drug-likeness (QED) is 0.694. The molecule has 9 heteroatoms. The molecule has 0 fully saturated rings. The molecule has 0 radical (unpaired) electrons. The van der Waals surface area contributed by atoms with Gasteiger partial charge in [0.15, 0.2) is 5.82 Å². The summed E-state index contributed by atoms with van der Waals surface area (Å²) in [5.41, 5.74) is 0.814. The summed E-state index contributed by atoms with van der Waals surface area (Å²) in [6, 6.07) is 8.44. The molecule has 0 bridgehead atoms. The van der Waals surface area contributed by atoms with Crippen LogP contribution in [-0.4, -0.2) is 35.3 Å². The van der Waals surface area contributed by atoms with Crippen molar-refractivity contribution in [1.82, 2.24) is 15.1 Å². The molecule has 2 heterocycles. The molecule has 0 atom stereocenters. The van der Waals surface area contributed by atoms with Crippen LogP contribution in [0.25, 0.3) is 0 Å². The second-order valence-electron chi connectivity index (χ2n) is 5.26. The van der Waals surface area contributed by atoms with Gasteiger partial charge in [-0.25, -0.2) is 9.97 Å². The maximum atomic E-state index is 12.3. The van der Waals surface area contributed by atoms with Gasteiger partial charge in [-0.05, 0) is 19.1 Å². The molecule has 0 spiro atoms. The molecule has 2 N–H and O–H groups in total. The van der Waals surface area contributed by atoms with Crippen molar-refractivity contribution in [2.45, 2.75) is 6.92 Å². The Hall–Kier alpha value is -3.62. The highest BCUT2D eigenvalue weighted by molar-refractivity contribution is 6.02. The van der Waals surface area contributed by atoms with Crippen LogP contribution in [0, 0.1) is 6.92 Å². The van der Waals surface area contributed by atoms with E-state index in [-0.39, 0.29) is 5.69 Å². The molecule has 134 valence electrons. The predicted octanol–water partition coefficient (Wildman–Crippen LogP) is 2.79. The van der Waals surface area contributed by atoms with E-state index in [0.29, 0.717) is 34.6 Å². The second-order valence-corrected chi connectivity index (χ2v) is 5.26. The monoisotopic (exact) mass is 355 g/mol. The van der Waals surface area contributed by atoms with Crippen LogP contribution in [0.3, 0.4) is 0 Å². The Labute approximate surface area is 149 Å². The fraction of sp³-hybridized carbons (Fsp3) is 0.176. The molecule has 1 aromatic carbocycles. The molecule has 0 aliphatic heterocycles. The van der Waals surface area contributed by atoms with Gasteiger partial charge < -0.3 is 24.6 Å². The molecule has 3 aromatic rings. The lowest BCUT2D eigenvalue weighted by atomic mass is 10.2. The number of hydrogen-bond donors (Lipinski definition) is 2. The molecule has 1 amide bonds. The summed E-state index contributed by atoms with van der Waals surface area (Å²) in [5.74, 6) is 2.16. The predicted molar refractivity (Wildman–Crippen MR) is 94.1 cm³/mol. The average molecular weight is 355 g/mol. The number of amides is 1. The van der Waals surface area contributed by atoms with Gasteiger partial charge in [-0.2, -0.15) is 0 Å². The molecule has 0 aliphatic carbocycles. The Morgan fingerprint density at radius 3 is 2.62 bits per heavy atom. The Morgan fingerprint density at radius 1 is 1.08 bits per heavy atom. The minimum Gasteiger partial charge on any atom is -0.497 e. The number of nitrogens with one attached hydrogen (secondary N) is 2. The number of nitrogens with zero attached hydrogens (tertiary/aromatic N) is 3. The van der Waals surface area contributed by atoms with Crippen LogP contribution < -0.4 is 20.1 Å². The SMILES string of the molecule is COc1ccc(OC)c(Nc2cc(C(=O)Nc3cc(C)on3)ncn2)c1. The maximum absolute atomic E-state index is 12.3. The Morgan fingerprint density at radius 2 is 1.92 bits per heavy atom. The van der Waals surface area contributed by atoms with Gasteiger partial charge in [0.25, 0.3) is 5.91 Å². The third-order valence-corrected chi connectivity index (χ3v) is 3.44. The summed E-state index contributed by atoms with van der Waals surface area (Å²) in [6.07, 6.45) is 1.29. The van der Waals surface area contributed by atoms with Crippen LogP contribution in [0.5, 0.6) is 11.5 Å². The number of rotatable bonds is 6. The molecule has 0 saturated heterocycles. The molecule has 9 nitrogen and oxygen atoms in total. The highest BCUT2D eigenvalue weighted by Crippen LogP contribution is 2.31. The summed E-state index contributed by atoms with van der Waals surface area (Å²) in [5, 5.41) is 9.41. The maximum Gasteiger partial charge on any atom is 0.275 e. The normalized spacial score (nSPS) is 10.3. The largest absolute Gasteiger partial charge is 0.497 e. The fourth-order valence-electron chi connectivity index (χ4n) is 2.21. The van der Waals surface area contributed by atoms with E-state index >= 15 is 0 Å². The zero-order valence-corrected chi connectivity index (χ0v) is 14.4. The van der Waals surface area contributed by atoms with Gasteiger partial charge >= 0.3 is 0 Å². The summed E-state index contributed by atoms with van der Waals surface area (Å²) < 4.78 is 15.4. The van der Waals surface area contributed by atoms with E-state index in [1.54, 1.807) is 45.4 Å². The molecular formula is C17H17N5O4.